The molecule has 0 bridgehead atoms. The zero-order chi connectivity index (χ0) is 17.6. The highest BCUT2D eigenvalue weighted by atomic mass is 32.2. The number of ether oxygens (including phenoxy) is 1. The molecule has 0 aliphatic heterocycles. The molecule has 0 radical (unpaired) electrons. The van der Waals surface area contributed by atoms with E-state index in [9.17, 15) is 18.0 Å². The topological polar surface area (TPSA) is 105 Å². The van der Waals surface area contributed by atoms with E-state index in [-0.39, 0.29) is 23.4 Å². The summed E-state index contributed by atoms with van der Waals surface area (Å²) in [7, 11) is -1.94. The van der Waals surface area contributed by atoms with Gasteiger partial charge < -0.3 is 9.64 Å². The highest BCUT2D eigenvalue weighted by molar-refractivity contribution is 7.90. The highest BCUT2D eigenvalue weighted by Crippen LogP contribution is 2.16. The number of nitriles is 1. The predicted octanol–water partition coefficient (Wildman–Crippen LogP) is 0.927. The van der Waals surface area contributed by atoms with Gasteiger partial charge in [0.15, 0.2) is 16.4 Å². The largest absolute Gasteiger partial charge is 0.452 e. The molecular formula is C15H18N2O5S. The van der Waals surface area contributed by atoms with E-state index in [1.165, 1.54) is 30.1 Å². The van der Waals surface area contributed by atoms with Gasteiger partial charge >= 0.3 is 5.97 Å². The molecule has 0 fully saturated rings. The summed E-state index contributed by atoms with van der Waals surface area (Å²) in [4.78, 5) is 25.1. The van der Waals surface area contributed by atoms with Crippen LogP contribution in [0.4, 0.5) is 0 Å². The van der Waals surface area contributed by atoms with Crippen LogP contribution in [-0.4, -0.2) is 51.6 Å². The van der Waals surface area contributed by atoms with E-state index in [1.54, 1.807) is 6.92 Å². The predicted molar refractivity (Wildman–Crippen MR) is 82.4 cm³/mol. The maximum atomic E-state index is 12.0. The van der Waals surface area contributed by atoms with E-state index in [0.29, 0.717) is 5.56 Å². The third kappa shape index (κ3) is 5.38. The molecule has 0 aromatic heterocycles. The van der Waals surface area contributed by atoms with Crippen LogP contribution < -0.4 is 0 Å². The van der Waals surface area contributed by atoms with Gasteiger partial charge in [-0.3, -0.25) is 4.79 Å². The van der Waals surface area contributed by atoms with Gasteiger partial charge in [-0.15, -0.1) is 0 Å². The summed E-state index contributed by atoms with van der Waals surface area (Å²) in [6.07, 6.45) is 1.23. The Bertz CT molecular complexity index is 750. The van der Waals surface area contributed by atoms with Gasteiger partial charge in [-0.1, -0.05) is 6.07 Å². The van der Waals surface area contributed by atoms with E-state index in [2.05, 4.69) is 0 Å². The number of esters is 1. The first-order valence-corrected chi connectivity index (χ1v) is 8.64. The molecule has 7 nitrogen and oxygen atoms in total. The quantitative estimate of drug-likeness (QED) is 0.715. The van der Waals surface area contributed by atoms with Gasteiger partial charge in [0.25, 0.3) is 5.91 Å². The first-order valence-electron chi connectivity index (χ1n) is 6.75. The first kappa shape index (κ1) is 18.6. The number of sulfone groups is 1. The Morgan fingerprint density at radius 2 is 2.00 bits per heavy atom. The molecule has 0 saturated carbocycles. The number of carbonyl (C=O) groups is 2. The number of amides is 1. The zero-order valence-corrected chi connectivity index (χ0v) is 14.0. The molecule has 124 valence electrons. The molecule has 0 aliphatic rings. The van der Waals surface area contributed by atoms with Gasteiger partial charge in [0.1, 0.15) is 0 Å². The fourth-order valence-corrected chi connectivity index (χ4v) is 2.36. The standard InChI is InChI=1S/C15H18N2O5S/c1-11-5-6-12(23(3,20)21)9-13(11)15(19)22-10-14(18)17(2)8-4-7-16/h5-6,9H,4,8,10H2,1-3H3. The molecule has 0 atom stereocenters. The monoisotopic (exact) mass is 338 g/mol. The van der Waals surface area contributed by atoms with Gasteiger partial charge in [0, 0.05) is 19.8 Å². The Kier molecular flexibility index (Phi) is 6.28. The Morgan fingerprint density at radius 3 is 2.57 bits per heavy atom. The van der Waals surface area contributed by atoms with E-state index < -0.39 is 28.3 Å². The zero-order valence-electron chi connectivity index (χ0n) is 13.2. The molecule has 0 saturated heterocycles. The van der Waals surface area contributed by atoms with Gasteiger partial charge in [0.2, 0.25) is 0 Å². The van der Waals surface area contributed by atoms with Crippen molar-refractivity contribution in [1.29, 1.82) is 5.26 Å². The van der Waals surface area contributed by atoms with Crippen LogP contribution in [0.3, 0.4) is 0 Å². The van der Waals surface area contributed by atoms with E-state index in [0.717, 1.165) is 6.26 Å². The van der Waals surface area contributed by atoms with Gasteiger partial charge in [-0.05, 0) is 24.6 Å². The molecule has 1 aromatic rings. The molecule has 1 amide bonds. The Morgan fingerprint density at radius 1 is 1.35 bits per heavy atom. The van der Waals surface area contributed by atoms with Crippen LogP contribution in [0.25, 0.3) is 0 Å². The SMILES string of the molecule is Cc1ccc(S(C)(=O)=O)cc1C(=O)OCC(=O)N(C)CCC#N. The lowest BCUT2D eigenvalue weighted by Gasteiger charge is -2.15. The number of nitrogens with zero attached hydrogens (tertiary/aromatic N) is 2. The minimum absolute atomic E-state index is 0.00696. The summed E-state index contributed by atoms with van der Waals surface area (Å²) in [6.45, 7) is 1.42. The van der Waals surface area contributed by atoms with E-state index >= 15 is 0 Å². The first-order chi connectivity index (χ1) is 10.7. The normalized spacial score (nSPS) is 10.7. The van der Waals surface area contributed by atoms with Crippen molar-refractivity contribution in [3.05, 3.63) is 29.3 Å². The number of rotatable bonds is 6. The van der Waals surface area contributed by atoms with Crippen LogP contribution in [0.5, 0.6) is 0 Å². The maximum Gasteiger partial charge on any atom is 0.338 e. The number of benzene rings is 1. The lowest BCUT2D eigenvalue weighted by molar-refractivity contribution is -0.133. The molecule has 0 heterocycles. The second-order valence-electron chi connectivity index (χ2n) is 5.05. The van der Waals surface area contributed by atoms with E-state index in [4.69, 9.17) is 10.00 Å². The van der Waals surface area contributed by atoms with Gasteiger partial charge in [0.05, 0.1) is 22.9 Å². The number of hydrogen-bond donors (Lipinski definition) is 0. The number of carbonyl (C=O) groups excluding carboxylic acids is 2. The third-order valence-electron chi connectivity index (χ3n) is 3.17. The van der Waals surface area contributed by atoms with E-state index in [1.807, 2.05) is 6.07 Å². The minimum Gasteiger partial charge on any atom is -0.452 e. The lowest BCUT2D eigenvalue weighted by Crippen LogP contribution is -2.32. The number of aryl methyl sites for hydroxylation is 1. The maximum absolute atomic E-state index is 12.0. The minimum atomic E-state index is -3.44. The van der Waals surface area contributed by atoms with Crippen molar-refractivity contribution in [3.8, 4) is 6.07 Å². The Labute approximate surface area is 135 Å². The number of likely N-dealkylation sites (N-methyl/N-ethyl adjacent to an activating group) is 1. The van der Waals surface area contributed by atoms with Crippen molar-refractivity contribution < 1.29 is 22.7 Å². The van der Waals surface area contributed by atoms with Crippen molar-refractivity contribution in [2.24, 2.45) is 0 Å². The van der Waals surface area contributed by atoms with Crippen LogP contribution in [0.2, 0.25) is 0 Å². The molecule has 0 N–H and O–H groups in total. The molecular weight excluding hydrogens is 320 g/mol. The number of hydrogen-bond acceptors (Lipinski definition) is 6. The van der Waals surface area contributed by atoms with Crippen LogP contribution in [0.15, 0.2) is 23.1 Å². The summed E-state index contributed by atoms with van der Waals surface area (Å²) in [5, 5.41) is 8.46. The van der Waals surface area contributed by atoms with Crippen molar-refractivity contribution in [2.75, 3.05) is 26.5 Å². The summed E-state index contributed by atoms with van der Waals surface area (Å²) < 4.78 is 28.0. The lowest BCUT2D eigenvalue weighted by atomic mass is 10.1. The fourth-order valence-electron chi connectivity index (χ4n) is 1.71. The Balaban J connectivity index is 2.79. The molecule has 0 unspecified atom stereocenters. The third-order valence-corrected chi connectivity index (χ3v) is 4.28. The van der Waals surface area contributed by atoms with Crippen LogP contribution in [-0.2, 0) is 19.4 Å². The van der Waals surface area contributed by atoms with Crippen LogP contribution in [0, 0.1) is 18.3 Å². The second-order valence-corrected chi connectivity index (χ2v) is 7.06. The Hall–Kier alpha value is -2.40. The molecule has 8 heteroatoms. The fraction of sp³-hybridized carbons (Fsp3) is 0.400. The van der Waals surface area contributed by atoms with Crippen molar-refractivity contribution >= 4 is 21.7 Å². The average Bonchev–Trinajstić information content (AvgIpc) is 2.49. The van der Waals surface area contributed by atoms with Crippen molar-refractivity contribution in [3.63, 3.8) is 0 Å². The summed E-state index contributed by atoms with van der Waals surface area (Å²) >= 11 is 0. The molecule has 1 rings (SSSR count). The molecule has 23 heavy (non-hydrogen) atoms. The molecule has 1 aromatic carbocycles. The molecule has 0 spiro atoms. The van der Waals surface area contributed by atoms with Gasteiger partial charge in [-0.2, -0.15) is 5.26 Å². The second kappa shape index (κ2) is 7.74. The summed E-state index contributed by atoms with van der Waals surface area (Å²) in [5.41, 5.74) is 0.646. The van der Waals surface area contributed by atoms with Crippen LogP contribution >= 0.6 is 0 Å². The molecule has 0 aliphatic carbocycles. The van der Waals surface area contributed by atoms with Crippen molar-refractivity contribution in [2.45, 2.75) is 18.2 Å². The smallest absolute Gasteiger partial charge is 0.338 e. The van der Waals surface area contributed by atoms with Crippen molar-refractivity contribution in [1.82, 2.24) is 4.90 Å². The summed E-state index contributed by atoms with van der Waals surface area (Å²) in [6, 6.07) is 6.06. The van der Waals surface area contributed by atoms with Crippen LogP contribution in [0.1, 0.15) is 22.3 Å². The average molecular weight is 338 g/mol. The highest BCUT2D eigenvalue weighted by Gasteiger charge is 2.17. The summed E-state index contributed by atoms with van der Waals surface area (Å²) in [5.74, 6) is -1.21. The van der Waals surface area contributed by atoms with Gasteiger partial charge in [-0.25, -0.2) is 13.2 Å².